The number of ketones is 1. The van der Waals surface area contributed by atoms with Gasteiger partial charge in [-0.05, 0) is 24.6 Å². The van der Waals surface area contributed by atoms with Crippen LogP contribution in [0.3, 0.4) is 0 Å². The summed E-state index contributed by atoms with van der Waals surface area (Å²) in [6.45, 7) is 2.40. The van der Waals surface area contributed by atoms with Gasteiger partial charge in [0.15, 0.2) is 5.78 Å². The van der Waals surface area contributed by atoms with Gasteiger partial charge in [0.1, 0.15) is 0 Å². The van der Waals surface area contributed by atoms with Gasteiger partial charge in [-0.15, -0.1) is 0 Å². The van der Waals surface area contributed by atoms with E-state index in [0.717, 1.165) is 5.56 Å². The van der Waals surface area contributed by atoms with Crippen molar-refractivity contribution in [1.82, 2.24) is 4.31 Å². The zero-order chi connectivity index (χ0) is 17.2. The second-order valence-corrected chi connectivity index (χ2v) is 7.65. The van der Waals surface area contributed by atoms with Crippen molar-refractivity contribution >= 4 is 15.8 Å². The van der Waals surface area contributed by atoms with Crippen LogP contribution in [0.5, 0.6) is 0 Å². The van der Waals surface area contributed by atoms with Gasteiger partial charge in [-0.3, -0.25) is 4.79 Å². The maximum atomic E-state index is 12.8. The molecule has 0 spiro atoms. The van der Waals surface area contributed by atoms with Crippen LogP contribution in [0.15, 0.2) is 59.5 Å². The highest BCUT2D eigenvalue weighted by Gasteiger charge is 2.31. The molecule has 5 nitrogen and oxygen atoms in total. The molecule has 0 aromatic heterocycles. The van der Waals surface area contributed by atoms with E-state index < -0.39 is 10.0 Å². The van der Waals surface area contributed by atoms with E-state index >= 15 is 0 Å². The fraction of sp³-hybridized carbons (Fsp3) is 0.278. The Morgan fingerprint density at radius 3 is 2.38 bits per heavy atom. The van der Waals surface area contributed by atoms with E-state index in [1.165, 1.54) is 23.4 Å². The Kier molecular flexibility index (Phi) is 4.80. The number of hydrogen-bond donors (Lipinski definition) is 0. The summed E-state index contributed by atoms with van der Waals surface area (Å²) in [5.74, 6) is -0.0885. The molecule has 0 radical (unpaired) electrons. The Balaban J connectivity index is 1.82. The summed E-state index contributed by atoms with van der Waals surface area (Å²) >= 11 is 0. The minimum atomic E-state index is -3.60. The highest BCUT2D eigenvalue weighted by Crippen LogP contribution is 2.26. The summed E-state index contributed by atoms with van der Waals surface area (Å²) in [7, 11) is -3.60. The lowest BCUT2D eigenvalue weighted by Crippen LogP contribution is -2.42. The lowest BCUT2D eigenvalue weighted by molar-refractivity contribution is -0.00255. The van der Waals surface area contributed by atoms with Gasteiger partial charge in [-0.1, -0.05) is 42.5 Å². The van der Waals surface area contributed by atoms with Crippen LogP contribution in [0, 0.1) is 0 Å². The second-order valence-electron chi connectivity index (χ2n) is 5.71. The molecular formula is C18H19NO4S. The molecule has 0 aliphatic carbocycles. The fourth-order valence-corrected chi connectivity index (χ4v) is 4.15. The van der Waals surface area contributed by atoms with Gasteiger partial charge < -0.3 is 4.74 Å². The molecule has 1 aliphatic heterocycles. The average Bonchev–Trinajstić information content (AvgIpc) is 2.62. The number of carbonyl (C=O) groups is 1. The first-order valence-electron chi connectivity index (χ1n) is 7.76. The van der Waals surface area contributed by atoms with Crippen LogP contribution in [-0.4, -0.2) is 38.2 Å². The number of rotatable bonds is 4. The Bertz CT molecular complexity index is 816. The first-order chi connectivity index (χ1) is 11.5. The molecular weight excluding hydrogens is 326 g/mol. The number of nitrogens with zero attached hydrogens (tertiary/aromatic N) is 1. The van der Waals surface area contributed by atoms with Crippen molar-refractivity contribution in [3.8, 4) is 0 Å². The lowest BCUT2D eigenvalue weighted by atomic mass is 10.1. The number of benzene rings is 2. The van der Waals surface area contributed by atoms with E-state index in [-0.39, 0.29) is 23.3 Å². The molecule has 6 heteroatoms. The third-order valence-electron chi connectivity index (χ3n) is 4.10. The summed E-state index contributed by atoms with van der Waals surface area (Å²) in [6, 6.07) is 15.7. The molecule has 1 atom stereocenters. The van der Waals surface area contributed by atoms with E-state index in [9.17, 15) is 13.2 Å². The summed E-state index contributed by atoms with van der Waals surface area (Å²) in [4.78, 5) is 11.5. The van der Waals surface area contributed by atoms with E-state index in [4.69, 9.17) is 4.74 Å². The molecule has 0 bridgehead atoms. The van der Waals surface area contributed by atoms with E-state index in [1.54, 1.807) is 12.1 Å². The number of ether oxygens (including phenoxy) is 1. The standard InChI is InChI=1S/C18H19NO4S/c1-14(20)15-7-9-17(10-8-15)24(21,22)19-11-12-23-18(13-19)16-5-3-2-4-6-16/h2-10,18H,11-13H2,1H3. The second kappa shape index (κ2) is 6.84. The van der Waals surface area contributed by atoms with Gasteiger partial charge in [0, 0.05) is 18.7 Å². The molecule has 3 rings (SSSR count). The normalized spacial score (nSPS) is 19.1. The SMILES string of the molecule is CC(=O)c1ccc(S(=O)(=O)N2CCOC(c3ccccc3)C2)cc1. The van der Waals surface area contributed by atoms with Gasteiger partial charge >= 0.3 is 0 Å². The lowest BCUT2D eigenvalue weighted by Gasteiger charge is -2.32. The molecule has 1 fully saturated rings. The minimum absolute atomic E-state index is 0.0885. The number of morpholine rings is 1. The van der Waals surface area contributed by atoms with Gasteiger partial charge in [-0.25, -0.2) is 8.42 Å². The first-order valence-corrected chi connectivity index (χ1v) is 9.20. The summed E-state index contributed by atoms with van der Waals surface area (Å²) in [5.41, 5.74) is 1.46. The topological polar surface area (TPSA) is 63.7 Å². The highest BCUT2D eigenvalue weighted by molar-refractivity contribution is 7.89. The number of Topliss-reactive ketones (excluding diaryl/α,β-unsaturated/α-hetero) is 1. The van der Waals surface area contributed by atoms with E-state index in [1.807, 2.05) is 30.3 Å². The Hall–Kier alpha value is -2.02. The van der Waals surface area contributed by atoms with Gasteiger partial charge in [0.2, 0.25) is 10.0 Å². The third kappa shape index (κ3) is 3.40. The van der Waals surface area contributed by atoms with Crippen molar-refractivity contribution in [3.05, 3.63) is 65.7 Å². The number of carbonyl (C=O) groups excluding carboxylic acids is 1. The van der Waals surface area contributed by atoms with Crippen molar-refractivity contribution in [3.63, 3.8) is 0 Å². The van der Waals surface area contributed by atoms with Crippen LogP contribution < -0.4 is 0 Å². The predicted molar refractivity (Wildman–Crippen MR) is 90.3 cm³/mol. The average molecular weight is 345 g/mol. The molecule has 0 saturated carbocycles. The molecule has 1 unspecified atom stereocenters. The molecule has 1 saturated heterocycles. The molecule has 1 aliphatic rings. The number of hydrogen-bond acceptors (Lipinski definition) is 4. The van der Waals surface area contributed by atoms with Crippen LogP contribution in [0.1, 0.15) is 28.9 Å². The van der Waals surface area contributed by atoms with Crippen molar-refractivity contribution in [2.24, 2.45) is 0 Å². The van der Waals surface area contributed by atoms with Crippen molar-refractivity contribution in [2.75, 3.05) is 19.7 Å². The van der Waals surface area contributed by atoms with Crippen molar-refractivity contribution in [2.45, 2.75) is 17.9 Å². The van der Waals surface area contributed by atoms with E-state index in [2.05, 4.69) is 0 Å². The summed E-state index contributed by atoms with van der Waals surface area (Å²) in [5, 5.41) is 0. The summed E-state index contributed by atoms with van der Waals surface area (Å²) < 4.78 is 32.8. The minimum Gasteiger partial charge on any atom is -0.371 e. The van der Waals surface area contributed by atoms with Crippen molar-refractivity contribution < 1.29 is 17.9 Å². The number of sulfonamides is 1. The fourth-order valence-electron chi connectivity index (χ4n) is 2.72. The van der Waals surface area contributed by atoms with Gasteiger partial charge in [0.05, 0.1) is 17.6 Å². The Morgan fingerprint density at radius 1 is 1.08 bits per heavy atom. The molecule has 126 valence electrons. The quantitative estimate of drug-likeness (QED) is 0.799. The third-order valence-corrected chi connectivity index (χ3v) is 5.98. The Labute approximate surface area is 141 Å². The van der Waals surface area contributed by atoms with Crippen LogP contribution in [-0.2, 0) is 14.8 Å². The van der Waals surface area contributed by atoms with Crippen LogP contribution in [0.2, 0.25) is 0 Å². The smallest absolute Gasteiger partial charge is 0.243 e. The maximum absolute atomic E-state index is 12.8. The van der Waals surface area contributed by atoms with Crippen molar-refractivity contribution in [1.29, 1.82) is 0 Å². The molecule has 2 aromatic rings. The van der Waals surface area contributed by atoms with Gasteiger partial charge in [-0.2, -0.15) is 4.31 Å². The predicted octanol–water partition coefficient (Wildman–Crippen LogP) is 2.65. The molecule has 0 amide bonds. The molecule has 0 N–H and O–H groups in total. The maximum Gasteiger partial charge on any atom is 0.243 e. The summed E-state index contributed by atoms with van der Waals surface area (Å²) in [6.07, 6.45) is -0.272. The Morgan fingerprint density at radius 2 is 1.75 bits per heavy atom. The zero-order valence-electron chi connectivity index (χ0n) is 13.4. The van der Waals surface area contributed by atoms with Gasteiger partial charge in [0.25, 0.3) is 0 Å². The molecule has 1 heterocycles. The largest absolute Gasteiger partial charge is 0.371 e. The molecule has 24 heavy (non-hydrogen) atoms. The highest BCUT2D eigenvalue weighted by atomic mass is 32.2. The van der Waals surface area contributed by atoms with Crippen LogP contribution >= 0.6 is 0 Å². The van der Waals surface area contributed by atoms with E-state index in [0.29, 0.717) is 18.7 Å². The molecule has 2 aromatic carbocycles. The monoisotopic (exact) mass is 345 g/mol. The van der Waals surface area contributed by atoms with Crippen LogP contribution in [0.4, 0.5) is 0 Å². The van der Waals surface area contributed by atoms with Crippen LogP contribution in [0.25, 0.3) is 0 Å². The zero-order valence-corrected chi connectivity index (χ0v) is 14.2. The first kappa shape index (κ1) is 16.8.